The normalized spacial score (nSPS) is 10.5. The van der Waals surface area contributed by atoms with E-state index in [-0.39, 0.29) is 30.2 Å². The molecule has 3 amide bonds. The van der Waals surface area contributed by atoms with Gasteiger partial charge in [0.05, 0.1) is 18.4 Å². The summed E-state index contributed by atoms with van der Waals surface area (Å²) >= 11 is 3.08. The highest BCUT2D eigenvalue weighted by Gasteiger charge is 2.23. The van der Waals surface area contributed by atoms with Crippen molar-refractivity contribution in [2.45, 2.75) is 60.1 Å². The van der Waals surface area contributed by atoms with Crippen LogP contribution in [-0.2, 0) is 20.9 Å². The van der Waals surface area contributed by atoms with Crippen molar-refractivity contribution >= 4 is 33.8 Å². The van der Waals surface area contributed by atoms with Gasteiger partial charge >= 0.3 is 6.09 Å². The van der Waals surface area contributed by atoms with E-state index in [0.717, 1.165) is 12.0 Å². The van der Waals surface area contributed by atoms with Crippen LogP contribution < -0.4 is 10.9 Å². The first-order valence-corrected chi connectivity index (χ1v) is 11.2. The molecular weight excluding hydrogens is 452 g/mol. The zero-order valence-corrected chi connectivity index (χ0v) is 20.4. The second-order valence-corrected chi connectivity index (χ2v) is 7.73. The minimum Gasteiger partial charge on any atom is -0.443 e. The number of amides is 3. The van der Waals surface area contributed by atoms with E-state index in [9.17, 15) is 14.4 Å². The highest BCUT2D eigenvalue weighted by atomic mass is 79.9. The number of nitrogens with one attached hydrogen (secondary N) is 2. The third-order valence-electron chi connectivity index (χ3n) is 3.33. The van der Waals surface area contributed by atoms with E-state index in [1.54, 1.807) is 20.8 Å². The molecule has 0 atom stereocenters. The molecule has 0 aliphatic carbocycles. The summed E-state index contributed by atoms with van der Waals surface area (Å²) in [5.74, 6) is -0.700. The number of carbonyl (C=O) groups excluding carboxylic acids is 3. The van der Waals surface area contributed by atoms with Gasteiger partial charge in [-0.15, -0.1) is 0 Å². The number of hydrazine groups is 2. The minimum absolute atomic E-state index is 0.0698. The second-order valence-electron chi connectivity index (χ2n) is 7.17. The quantitative estimate of drug-likeness (QED) is 0.432. The predicted octanol–water partition coefficient (Wildman–Crippen LogP) is 3.62. The van der Waals surface area contributed by atoms with E-state index in [0.29, 0.717) is 6.54 Å². The minimum atomic E-state index is -0.644. The lowest BCUT2D eigenvalue weighted by molar-refractivity contribution is -0.142. The van der Waals surface area contributed by atoms with Gasteiger partial charge in [0, 0.05) is 6.54 Å². The number of hydrogen-bond donors (Lipinski definition) is 2. The predicted molar refractivity (Wildman–Crippen MR) is 122 cm³/mol. The Kier molecular flexibility index (Phi) is 13.7. The Labute approximate surface area is 188 Å². The number of rotatable bonds is 8. The summed E-state index contributed by atoms with van der Waals surface area (Å²) in [6.07, 6.45) is 0.0862. The fraction of sp³-hybridized carbons (Fsp3) is 0.571. The second kappa shape index (κ2) is 14.8. The molecule has 0 fully saturated rings. The van der Waals surface area contributed by atoms with E-state index in [1.165, 1.54) is 10.0 Å². The molecule has 0 bridgehead atoms. The van der Waals surface area contributed by atoms with Gasteiger partial charge in [0.15, 0.2) is 0 Å². The van der Waals surface area contributed by atoms with Crippen LogP contribution >= 0.6 is 15.9 Å². The van der Waals surface area contributed by atoms with Gasteiger partial charge in [0.2, 0.25) is 5.91 Å². The number of benzene rings is 1. The zero-order valence-electron chi connectivity index (χ0n) is 18.8. The maximum Gasteiger partial charge on any atom is 0.422 e. The van der Waals surface area contributed by atoms with Crippen LogP contribution in [-0.4, -0.2) is 51.9 Å². The summed E-state index contributed by atoms with van der Waals surface area (Å²) < 4.78 is 5.24. The summed E-state index contributed by atoms with van der Waals surface area (Å²) in [5.41, 5.74) is 5.40. The van der Waals surface area contributed by atoms with Crippen molar-refractivity contribution in [1.29, 1.82) is 0 Å². The number of hydrogen-bond acceptors (Lipinski definition) is 5. The van der Waals surface area contributed by atoms with Crippen LogP contribution in [0.25, 0.3) is 0 Å². The monoisotopic (exact) mass is 486 g/mol. The Morgan fingerprint density at radius 2 is 1.67 bits per heavy atom. The van der Waals surface area contributed by atoms with E-state index in [4.69, 9.17) is 4.74 Å². The highest BCUT2D eigenvalue weighted by molar-refractivity contribution is 9.09. The molecule has 0 aliphatic rings. The summed E-state index contributed by atoms with van der Waals surface area (Å²) in [6, 6.07) is 9.32. The van der Waals surface area contributed by atoms with Gasteiger partial charge in [-0.25, -0.2) is 14.8 Å². The van der Waals surface area contributed by atoms with Crippen LogP contribution in [0.15, 0.2) is 30.3 Å². The molecule has 0 spiro atoms. The number of halogens is 1. The van der Waals surface area contributed by atoms with Crippen LogP contribution in [0.5, 0.6) is 0 Å². The molecule has 1 aromatic rings. The van der Waals surface area contributed by atoms with Crippen molar-refractivity contribution in [3.05, 3.63) is 35.9 Å². The molecule has 30 heavy (non-hydrogen) atoms. The smallest absolute Gasteiger partial charge is 0.422 e. The van der Waals surface area contributed by atoms with Gasteiger partial charge in [0.1, 0.15) is 5.60 Å². The lowest BCUT2D eigenvalue weighted by Gasteiger charge is -2.28. The molecule has 170 valence electrons. The Morgan fingerprint density at radius 1 is 1.07 bits per heavy atom. The molecule has 1 aromatic carbocycles. The van der Waals surface area contributed by atoms with Crippen LogP contribution in [0.2, 0.25) is 0 Å². The van der Waals surface area contributed by atoms with Gasteiger partial charge in [0.25, 0.3) is 5.91 Å². The van der Waals surface area contributed by atoms with Crippen molar-refractivity contribution in [2.24, 2.45) is 0 Å². The molecular formula is C21H35BrN4O4. The van der Waals surface area contributed by atoms with Crippen LogP contribution in [0.4, 0.5) is 4.79 Å². The molecule has 9 heteroatoms. The van der Waals surface area contributed by atoms with Crippen LogP contribution in [0, 0.1) is 0 Å². The highest BCUT2D eigenvalue weighted by Crippen LogP contribution is 2.07. The van der Waals surface area contributed by atoms with Crippen molar-refractivity contribution < 1.29 is 19.1 Å². The van der Waals surface area contributed by atoms with E-state index < -0.39 is 11.7 Å². The van der Waals surface area contributed by atoms with Gasteiger partial charge in [-0.2, -0.15) is 0 Å². The number of nitrogens with zero attached hydrogens (tertiary/aromatic N) is 2. The van der Waals surface area contributed by atoms with E-state index in [1.807, 2.05) is 51.1 Å². The molecule has 8 nitrogen and oxygen atoms in total. The maximum atomic E-state index is 12.8. The molecule has 0 aliphatic heterocycles. The standard InChI is InChI=1S/C19H29BrN4O4.C2H6/c1-5-11-23(22-18(27)28-19(2,3)4)14-17(26)24(21-16(25)12-20)13-15-9-7-6-8-10-15;1-2/h6-10H,5,11-14H2,1-4H3,(H,21,25)(H,22,27);1-2H3. The van der Waals surface area contributed by atoms with Gasteiger partial charge in [-0.1, -0.05) is 67.0 Å². The molecule has 0 heterocycles. The summed E-state index contributed by atoms with van der Waals surface area (Å²) in [7, 11) is 0. The Bertz CT molecular complexity index is 650. The number of carbonyl (C=O) groups is 3. The summed E-state index contributed by atoms with van der Waals surface area (Å²) in [4.78, 5) is 36.7. The third kappa shape index (κ3) is 12.4. The fourth-order valence-corrected chi connectivity index (χ4v) is 2.38. The molecule has 2 N–H and O–H groups in total. The summed E-state index contributed by atoms with van der Waals surface area (Å²) in [5, 5.41) is 2.80. The first kappa shape index (κ1) is 27.9. The van der Waals surface area contributed by atoms with Crippen LogP contribution in [0.3, 0.4) is 0 Å². The molecule has 0 unspecified atom stereocenters. The van der Waals surface area contributed by atoms with Crippen molar-refractivity contribution in [3.8, 4) is 0 Å². The van der Waals surface area contributed by atoms with Crippen molar-refractivity contribution in [2.75, 3.05) is 18.4 Å². The zero-order chi connectivity index (χ0) is 23.2. The van der Waals surface area contributed by atoms with Crippen molar-refractivity contribution in [3.63, 3.8) is 0 Å². The molecule has 0 saturated heterocycles. The molecule has 1 rings (SSSR count). The number of alkyl halides is 1. The van der Waals surface area contributed by atoms with Gasteiger partial charge in [-0.3, -0.25) is 20.4 Å². The molecule has 0 aromatic heterocycles. The average Bonchev–Trinajstić information content (AvgIpc) is 2.68. The largest absolute Gasteiger partial charge is 0.443 e. The van der Waals surface area contributed by atoms with Gasteiger partial charge < -0.3 is 4.74 Å². The van der Waals surface area contributed by atoms with Gasteiger partial charge in [-0.05, 0) is 32.8 Å². The SMILES string of the molecule is CC.CCCN(CC(=O)N(Cc1ccccc1)NC(=O)CBr)NC(=O)OC(C)(C)C. The topological polar surface area (TPSA) is 91.0 Å². The average molecular weight is 487 g/mol. The Balaban J connectivity index is 0.00000407. The maximum absolute atomic E-state index is 12.8. The Hall–Kier alpha value is -2.13. The fourth-order valence-electron chi connectivity index (χ4n) is 2.26. The molecule has 0 saturated carbocycles. The van der Waals surface area contributed by atoms with Crippen molar-refractivity contribution in [1.82, 2.24) is 20.9 Å². The Morgan fingerprint density at radius 3 is 2.17 bits per heavy atom. The lowest BCUT2D eigenvalue weighted by Crippen LogP contribution is -2.53. The third-order valence-corrected chi connectivity index (χ3v) is 3.84. The first-order chi connectivity index (χ1) is 14.1. The first-order valence-electron chi connectivity index (χ1n) is 10.1. The lowest BCUT2D eigenvalue weighted by atomic mass is 10.2. The van der Waals surface area contributed by atoms with E-state index in [2.05, 4.69) is 26.8 Å². The van der Waals surface area contributed by atoms with E-state index >= 15 is 0 Å². The van der Waals surface area contributed by atoms with Crippen LogP contribution in [0.1, 0.15) is 53.5 Å². The number of ether oxygens (including phenoxy) is 1. The summed E-state index contributed by atoms with van der Waals surface area (Å²) in [6.45, 7) is 11.8. The molecule has 0 radical (unpaired) electrons.